The maximum absolute atomic E-state index is 5.30. The summed E-state index contributed by atoms with van der Waals surface area (Å²) in [6.45, 7) is 6.69. The van der Waals surface area contributed by atoms with E-state index in [0.717, 1.165) is 19.1 Å². The first-order valence-electron chi connectivity index (χ1n) is 7.93. The molecule has 0 bridgehead atoms. The summed E-state index contributed by atoms with van der Waals surface area (Å²) in [5.41, 5.74) is 1.49. The Balaban J connectivity index is 1.40. The van der Waals surface area contributed by atoms with E-state index in [-0.39, 0.29) is 0 Å². The molecule has 4 heteroatoms. The van der Waals surface area contributed by atoms with Gasteiger partial charge in [0.25, 0.3) is 0 Å². The van der Waals surface area contributed by atoms with Crippen molar-refractivity contribution in [2.45, 2.75) is 31.2 Å². The van der Waals surface area contributed by atoms with Crippen LogP contribution in [-0.4, -0.2) is 55.3 Å². The van der Waals surface area contributed by atoms with Gasteiger partial charge in [0.05, 0.1) is 19.3 Å². The van der Waals surface area contributed by atoms with Gasteiger partial charge in [0.1, 0.15) is 5.82 Å². The van der Waals surface area contributed by atoms with Crippen molar-refractivity contribution < 1.29 is 4.74 Å². The largest absolute Gasteiger partial charge is 0.378 e. The number of piperidine rings is 1. The smallest absolute Gasteiger partial charge is 0.128 e. The zero-order chi connectivity index (χ0) is 13.4. The van der Waals surface area contributed by atoms with Gasteiger partial charge >= 0.3 is 0 Å². The average Bonchev–Trinajstić information content (AvgIpc) is 2.36. The molecule has 0 atom stereocenters. The molecule has 4 nitrogen and oxygen atoms in total. The Morgan fingerprint density at radius 1 is 1.10 bits per heavy atom. The van der Waals surface area contributed by atoms with Crippen molar-refractivity contribution in [3.63, 3.8) is 0 Å². The summed E-state index contributed by atoms with van der Waals surface area (Å²) in [5, 5.41) is 0. The van der Waals surface area contributed by atoms with Crippen LogP contribution >= 0.6 is 0 Å². The van der Waals surface area contributed by atoms with Gasteiger partial charge < -0.3 is 9.64 Å². The molecular weight excluding hydrogens is 250 g/mol. The molecule has 0 spiro atoms. The van der Waals surface area contributed by atoms with Gasteiger partial charge in [0.15, 0.2) is 0 Å². The fourth-order valence-corrected chi connectivity index (χ4v) is 3.44. The van der Waals surface area contributed by atoms with E-state index in [1.54, 1.807) is 0 Å². The Morgan fingerprint density at radius 3 is 2.50 bits per heavy atom. The minimum Gasteiger partial charge on any atom is -0.378 e. The molecule has 0 saturated carbocycles. The molecule has 0 unspecified atom stereocenters. The number of anilines is 1. The lowest BCUT2D eigenvalue weighted by molar-refractivity contribution is -0.0712. The van der Waals surface area contributed by atoms with Crippen LogP contribution in [0, 0.1) is 0 Å². The van der Waals surface area contributed by atoms with E-state index in [2.05, 4.69) is 26.9 Å². The summed E-state index contributed by atoms with van der Waals surface area (Å²) in [5.74, 6) is 1.90. The van der Waals surface area contributed by atoms with Gasteiger partial charge in [-0.3, -0.25) is 4.90 Å². The number of hydrogen-bond donors (Lipinski definition) is 0. The van der Waals surface area contributed by atoms with Gasteiger partial charge in [-0.25, -0.2) is 4.98 Å². The molecule has 0 aliphatic carbocycles. The first-order chi connectivity index (χ1) is 9.90. The van der Waals surface area contributed by atoms with Crippen LogP contribution in [0.5, 0.6) is 0 Å². The average molecular weight is 273 g/mol. The number of nitrogens with zero attached hydrogens (tertiary/aromatic N) is 3. The molecule has 108 valence electrons. The second-order valence-electron chi connectivity index (χ2n) is 6.29. The van der Waals surface area contributed by atoms with Crippen LogP contribution in [0.3, 0.4) is 0 Å². The zero-order valence-corrected chi connectivity index (χ0v) is 12.0. The van der Waals surface area contributed by atoms with Gasteiger partial charge in [0, 0.05) is 19.3 Å². The molecule has 3 aliphatic heterocycles. The fourth-order valence-electron chi connectivity index (χ4n) is 3.44. The maximum Gasteiger partial charge on any atom is 0.128 e. The molecule has 0 radical (unpaired) electrons. The number of ether oxygens (including phenoxy) is 1. The Hall–Kier alpha value is -1.13. The summed E-state index contributed by atoms with van der Waals surface area (Å²) in [6.07, 6.45) is 5.86. The monoisotopic (exact) mass is 273 g/mol. The molecular formula is C16H23N3O. The Bertz CT molecular complexity index is 463. The summed E-state index contributed by atoms with van der Waals surface area (Å²) in [6, 6.07) is 5.24. The van der Waals surface area contributed by atoms with E-state index in [4.69, 9.17) is 4.74 Å². The quantitative estimate of drug-likeness (QED) is 0.840. The lowest BCUT2D eigenvalue weighted by Crippen LogP contribution is -2.51. The van der Waals surface area contributed by atoms with Crippen molar-refractivity contribution in [1.29, 1.82) is 0 Å². The van der Waals surface area contributed by atoms with E-state index in [1.807, 2.05) is 6.20 Å². The molecule has 3 fully saturated rings. The van der Waals surface area contributed by atoms with Crippen molar-refractivity contribution in [2.75, 3.05) is 44.3 Å². The molecule has 1 aromatic heterocycles. The van der Waals surface area contributed by atoms with Gasteiger partial charge in [0.2, 0.25) is 0 Å². The molecule has 0 aromatic carbocycles. The van der Waals surface area contributed by atoms with Crippen LogP contribution in [0.1, 0.15) is 30.7 Å². The molecule has 20 heavy (non-hydrogen) atoms. The number of likely N-dealkylation sites (tertiary alicyclic amines) is 1. The molecule has 0 N–H and O–H groups in total. The van der Waals surface area contributed by atoms with Crippen molar-refractivity contribution in [2.24, 2.45) is 0 Å². The molecule has 4 heterocycles. The highest BCUT2D eigenvalue weighted by atomic mass is 16.5. The topological polar surface area (TPSA) is 28.6 Å². The van der Waals surface area contributed by atoms with E-state index in [0.29, 0.717) is 6.04 Å². The predicted molar refractivity (Wildman–Crippen MR) is 79.2 cm³/mol. The van der Waals surface area contributed by atoms with Crippen molar-refractivity contribution in [3.8, 4) is 0 Å². The Morgan fingerprint density at radius 2 is 1.90 bits per heavy atom. The molecule has 3 aliphatic rings. The highest BCUT2D eigenvalue weighted by molar-refractivity contribution is 5.44. The zero-order valence-electron chi connectivity index (χ0n) is 12.0. The van der Waals surface area contributed by atoms with Crippen LogP contribution < -0.4 is 4.90 Å². The normalized spacial score (nSPS) is 25.3. The third-order valence-electron chi connectivity index (χ3n) is 5.09. The predicted octanol–water partition coefficient (Wildman–Crippen LogP) is 1.87. The van der Waals surface area contributed by atoms with Crippen LogP contribution in [0.15, 0.2) is 18.3 Å². The SMILES string of the molecule is c1cc(C2CCN(C3COC3)CC2)cc(N2CCC2)n1. The summed E-state index contributed by atoms with van der Waals surface area (Å²) in [7, 11) is 0. The lowest BCUT2D eigenvalue weighted by Gasteiger charge is -2.41. The van der Waals surface area contributed by atoms with Gasteiger partial charge in [-0.15, -0.1) is 0 Å². The highest BCUT2D eigenvalue weighted by Gasteiger charge is 2.30. The van der Waals surface area contributed by atoms with Crippen molar-refractivity contribution in [1.82, 2.24) is 9.88 Å². The van der Waals surface area contributed by atoms with E-state index in [1.165, 1.54) is 56.8 Å². The maximum atomic E-state index is 5.30. The first-order valence-corrected chi connectivity index (χ1v) is 7.93. The second kappa shape index (κ2) is 5.34. The summed E-state index contributed by atoms with van der Waals surface area (Å²) in [4.78, 5) is 9.51. The highest BCUT2D eigenvalue weighted by Crippen LogP contribution is 2.31. The van der Waals surface area contributed by atoms with Crippen LogP contribution in [0.4, 0.5) is 5.82 Å². The van der Waals surface area contributed by atoms with Gasteiger partial charge in [-0.05, 0) is 56.0 Å². The van der Waals surface area contributed by atoms with Crippen LogP contribution in [-0.2, 0) is 4.74 Å². The fraction of sp³-hybridized carbons (Fsp3) is 0.688. The van der Waals surface area contributed by atoms with E-state index < -0.39 is 0 Å². The van der Waals surface area contributed by atoms with Gasteiger partial charge in [-0.2, -0.15) is 0 Å². The van der Waals surface area contributed by atoms with Crippen molar-refractivity contribution in [3.05, 3.63) is 23.9 Å². The number of hydrogen-bond acceptors (Lipinski definition) is 4. The molecule has 1 aromatic rings. The second-order valence-corrected chi connectivity index (χ2v) is 6.29. The van der Waals surface area contributed by atoms with Crippen LogP contribution in [0.2, 0.25) is 0 Å². The minimum atomic E-state index is 0.699. The third-order valence-corrected chi connectivity index (χ3v) is 5.09. The summed E-state index contributed by atoms with van der Waals surface area (Å²) < 4.78 is 5.30. The molecule has 4 rings (SSSR count). The van der Waals surface area contributed by atoms with Crippen LogP contribution in [0.25, 0.3) is 0 Å². The summed E-state index contributed by atoms with van der Waals surface area (Å²) >= 11 is 0. The first kappa shape index (κ1) is 12.6. The lowest BCUT2D eigenvalue weighted by atomic mass is 9.89. The Labute approximate surface area is 120 Å². The molecule has 0 amide bonds. The third kappa shape index (κ3) is 2.31. The number of aromatic nitrogens is 1. The van der Waals surface area contributed by atoms with Gasteiger partial charge in [-0.1, -0.05) is 0 Å². The van der Waals surface area contributed by atoms with E-state index in [9.17, 15) is 0 Å². The minimum absolute atomic E-state index is 0.699. The number of pyridine rings is 1. The standard InChI is InChI=1S/C16H23N3O/c1-6-19(7-1)16-10-14(2-5-17-16)13-3-8-18(9-4-13)15-11-20-12-15/h2,5,10,13,15H,1,3-4,6-9,11-12H2. The molecule has 3 saturated heterocycles. The van der Waals surface area contributed by atoms with Crippen molar-refractivity contribution >= 4 is 5.82 Å². The Kier molecular flexibility index (Phi) is 3.36. The number of rotatable bonds is 3. The van der Waals surface area contributed by atoms with E-state index >= 15 is 0 Å².